The molecule has 14 nitrogen and oxygen atoms in total. The molecule has 5 amide bonds. The van der Waals surface area contributed by atoms with Crippen molar-refractivity contribution in [3.8, 4) is 11.3 Å². The number of fused-ring (bicyclic) bond motifs is 3. The van der Waals surface area contributed by atoms with Gasteiger partial charge in [0.15, 0.2) is 0 Å². The first-order valence-electron chi connectivity index (χ1n) is 16.4. The van der Waals surface area contributed by atoms with Gasteiger partial charge in [-0.25, -0.2) is 18.9 Å². The van der Waals surface area contributed by atoms with Crippen LogP contribution >= 0.6 is 0 Å². The summed E-state index contributed by atoms with van der Waals surface area (Å²) in [5.41, 5.74) is 3.93. The minimum atomic E-state index is -1.09. The van der Waals surface area contributed by atoms with Crippen LogP contribution in [0.25, 0.3) is 27.9 Å². The summed E-state index contributed by atoms with van der Waals surface area (Å²) in [5, 5.41) is 13.6. The number of hydrogen-bond donors (Lipinski definition) is 3. The molecule has 2 aliphatic rings. The van der Waals surface area contributed by atoms with Crippen LogP contribution in [-0.2, 0) is 16.0 Å². The third-order valence-electron chi connectivity index (χ3n) is 9.06. The first kappa shape index (κ1) is 32.3. The van der Waals surface area contributed by atoms with E-state index in [0.29, 0.717) is 29.1 Å². The number of halogens is 1. The lowest BCUT2D eigenvalue weighted by molar-refractivity contribution is -0.136. The van der Waals surface area contributed by atoms with Gasteiger partial charge in [-0.1, -0.05) is 24.3 Å². The van der Waals surface area contributed by atoms with Crippen molar-refractivity contribution < 1.29 is 28.4 Å². The minimum Gasteiger partial charge on any atom is -0.383 e. The van der Waals surface area contributed by atoms with Crippen LogP contribution in [-0.4, -0.2) is 78.1 Å². The van der Waals surface area contributed by atoms with Crippen LogP contribution in [0.5, 0.6) is 0 Å². The van der Waals surface area contributed by atoms with Gasteiger partial charge in [0, 0.05) is 48.8 Å². The number of benzene rings is 3. The van der Waals surface area contributed by atoms with Gasteiger partial charge in [0.25, 0.3) is 23.5 Å². The fraction of sp³-hybridized carbons (Fsp3) is 0.162. The maximum atomic E-state index is 15.3. The smallest absolute Gasteiger partial charge is 0.264 e. The normalized spacial score (nSPS) is 15.6. The number of carbonyl (C=O) groups is 5. The van der Waals surface area contributed by atoms with Crippen molar-refractivity contribution in [3.63, 3.8) is 0 Å². The highest BCUT2D eigenvalue weighted by atomic mass is 19.1. The van der Waals surface area contributed by atoms with Gasteiger partial charge in [-0.05, 0) is 54.4 Å². The van der Waals surface area contributed by atoms with Crippen LogP contribution < -0.4 is 16.0 Å². The first-order valence-corrected chi connectivity index (χ1v) is 16.4. The van der Waals surface area contributed by atoms with E-state index in [1.807, 2.05) is 24.3 Å². The molecule has 5 heterocycles. The lowest BCUT2D eigenvalue weighted by Crippen LogP contribution is -2.54. The van der Waals surface area contributed by atoms with Crippen molar-refractivity contribution >= 4 is 51.9 Å². The molecule has 0 saturated carbocycles. The summed E-state index contributed by atoms with van der Waals surface area (Å²) in [6.07, 6.45) is 5.54. The lowest BCUT2D eigenvalue weighted by atomic mass is 10.0. The van der Waals surface area contributed by atoms with Crippen LogP contribution in [0.4, 0.5) is 10.1 Å². The zero-order valence-corrected chi connectivity index (χ0v) is 27.3. The standard InChI is InChI=1S/C37H28FN9O5/c38-26-17-22(29-19-43-37-42-18-23(47(37)45-29)16-20-6-9-27-21(15-20)3-2-12-39-27)7-8-24(26)33(49)41-14-13-40-28-5-1-4-25-32(28)36(52)46(35(25)51)30-10-11-31(48)44-34(30)50/h1-9,12,15,17-19,30,40H,10-11,13-14,16H2,(H,41,49)(H,44,48,50). The van der Waals surface area contributed by atoms with E-state index in [-0.39, 0.29) is 42.6 Å². The van der Waals surface area contributed by atoms with Crippen LogP contribution in [0.2, 0.25) is 0 Å². The number of anilines is 1. The summed E-state index contributed by atoms with van der Waals surface area (Å²) in [5.74, 6) is -3.44. The second kappa shape index (κ2) is 13.1. The largest absolute Gasteiger partial charge is 0.383 e. The fourth-order valence-electron chi connectivity index (χ4n) is 6.51. The number of hydrogen-bond acceptors (Lipinski definition) is 10. The summed E-state index contributed by atoms with van der Waals surface area (Å²) in [4.78, 5) is 77.3. The Morgan fingerprint density at radius 2 is 1.79 bits per heavy atom. The van der Waals surface area contributed by atoms with Crippen LogP contribution in [0.15, 0.2) is 85.3 Å². The third-order valence-corrected chi connectivity index (χ3v) is 9.06. The highest BCUT2D eigenvalue weighted by molar-refractivity contribution is 6.25. The number of amides is 5. The van der Waals surface area contributed by atoms with E-state index in [4.69, 9.17) is 0 Å². The van der Waals surface area contributed by atoms with Crippen molar-refractivity contribution in [2.75, 3.05) is 18.4 Å². The number of aromatic nitrogens is 5. The van der Waals surface area contributed by atoms with Crippen LogP contribution in [0, 0.1) is 5.82 Å². The van der Waals surface area contributed by atoms with Gasteiger partial charge >= 0.3 is 0 Å². The predicted octanol–water partition coefficient (Wildman–Crippen LogP) is 3.31. The van der Waals surface area contributed by atoms with Gasteiger partial charge < -0.3 is 10.6 Å². The SMILES string of the molecule is O=C1CCC(N2C(=O)c3cccc(NCCNC(=O)c4ccc(-c5cnc6ncc(Cc7ccc8ncccc8c7)n6n5)cc4F)c3C2=O)C(=O)N1. The Morgan fingerprint density at radius 3 is 2.63 bits per heavy atom. The Hall–Kier alpha value is -6.90. The fourth-order valence-corrected chi connectivity index (χ4v) is 6.51. The molecule has 1 unspecified atom stereocenters. The monoisotopic (exact) mass is 697 g/mol. The molecular weight excluding hydrogens is 669 g/mol. The molecule has 1 fully saturated rings. The molecule has 258 valence electrons. The first-order chi connectivity index (χ1) is 25.2. The van der Waals surface area contributed by atoms with Gasteiger partial charge in [0.1, 0.15) is 17.6 Å². The molecule has 3 aromatic carbocycles. The second-order valence-corrected chi connectivity index (χ2v) is 12.4. The Labute approximate surface area is 294 Å². The molecule has 15 heteroatoms. The summed E-state index contributed by atoms with van der Waals surface area (Å²) in [7, 11) is 0. The van der Waals surface area contributed by atoms with Crippen molar-refractivity contribution in [2.24, 2.45) is 0 Å². The van der Waals surface area contributed by atoms with Crippen molar-refractivity contribution in [3.05, 3.63) is 119 Å². The third kappa shape index (κ3) is 5.87. The Balaban J connectivity index is 0.912. The van der Waals surface area contributed by atoms with Gasteiger partial charge in [-0.3, -0.25) is 39.2 Å². The number of piperidine rings is 1. The molecule has 0 bridgehead atoms. The number of rotatable bonds is 9. The van der Waals surface area contributed by atoms with Gasteiger partial charge in [0.2, 0.25) is 11.8 Å². The molecule has 1 atom stereocenters. The number of imide groups is 2. The van der Waals surface area contributed by atoms with E-state index in [2.05, 4.69) is 42.1 Å². The van der Waals surface area contributed by atoms with E-state index in [1.54, 1.807) is 35.1 Å². The number of carbonyl (C=O) groups excluding carboxylic acids is 5. The van der Waals surface area contributed by atoms with Crippen molar-refractivity contribution in [1.29, 1.82) is 0 Å². The molecule has 3 N–H and O–H groups in total. The van der Waals surface area contributed by atoms with E-state index in [1.165, 1.54) is 24.4 Å². The molecule has 6 aromatic rings. The number of pyridine rings is 1. The molecule has 2 aliphatic heterocycles. The second-order valence-electron chi connectivity index (χ2n) is 12.4. The minimum absolute atomic E-state index is 0.0139. The Kier molecular flexibility index (Phi) is 8.14. The van der Waals surface area contributed by atoms with Crippen LogP contribution in [0.1, 0.15) is 55.2 Å². The Bertz CT molecular complexity index is 2480. The van der Waals surface area contributed by atoms with E-state index in [9.17, 15) is 24.0 Å². The predicted molar refractivity (Wildman–Crippen MR) is 185 cm³/mol. The van der Waals surface area contributed by atoms with Gasteiger partial charge in [-0.15, -0.1) is 0 Å². The molecular formula is C37H28FN9O5. The zero-order valence-electron chi connectivity index (χ0n) is 27.3. The molecule has 0 radical (unpaired) electrons. The average molecular weight is 698 g/mol. The molecule has 3 aromatic heterocycles. The number of imidazole rings is 1. The highest BCUT2D eigenvalue weighted by Crippen LogP contribution is 2.32. The van der Waals surface area contributed by atoms with Gasteiger partial charge in [-0.2, -0.15) is 5.10 Å². The summed E-state index contributed by atoms with van der Waals surface area (Å²) < 4.78 is 16.9. The van der Waals surface area contributed by atoms with Crippen molar-refractivity contribution in [1.82, 2.24) is 40.1 Å². The molecule has 8 rings (SSSR count). The van der Waals surface area contributed by atoms with Crippen molar-refractivity contribution in [2.45, 2.75) is 25.3 Å². The Morgan fingerprint density at radius 1 is 0.923 bits per heavy atom. The number of nitrogens with zero attached hydrogens (tertiary/aromatic N) is 6. The van der Waals surface area contributed by atoms with Gasteiger partial charge in [0.05, 0.1) is 40.3 Å². The van der Waals surface area contributed by atoms with Crippen LogP contribution in [0.3, 0.4) is 0 Å². The summed E-state index contributed by atoms with van der Waals surface area (Å²) in [6.45, 7) is 0.197. The van der Waals surface area contributed by atoms with E-state index >= 15 is 4.39 Å². The maximum Gasteiger partial charge on any atom is 0.264 e. The molecule has 52 heavy (non-hydrogen) atoms. The lowest BCUT2D eigenvalue weighted by Gasteiger charge is -2.27. The maximum absolute atomic E-state index is 15.3. The summed E-state index contributed by atoms with van der Waals surface area (Å²) in [6, 6.07) is 17.7. The quantitative estimate of drug-likeness (QED) is 0.150. The van der Waals surface area contributed by atoms with E-state index < -0.39 is 41.4 Å². The topological polar surface area (TPSA) is 181 Å². The highest BCUT2D eigenvalue weighted by Gasteiger charge is 2.45. The average Bonchev–Trinajstić information content (AvgIpc) is 3.66. The molecule has 0 spiro atoms. The van der Waals surface area contributed by atoms with E-state index in [0.717, 1.165) is 27.1 Å². The summed E-state index contributed by atoms with van der Waals surface area (Å²) >= 11 is 0. The zero-order chi connectivity index (χ0) is 35.9. The number of nitrogens with one attached hydrogen (secondary N) is 3. The molecule has 1 saturated heterocycles. The molecule has 0 aliphatic carbocycles.